The number of likely N-dealkylation sites (N-methyl/N-ethyl adjacent to an activating group) is 1. The molecule has 0 spiro atoms. The van der Waals surface area contributed by atoms with E-state index in [9.17, 15) is 18.0 Å². The fraction of sp³-hybridized carbons (Fsp3) is 0.500. The van der Waals surface area contributed by atoms with Crippen molar-refractivity contribution in [1.29, 1.82) is 0 Å². The van der Waals surface area contributed by atoms with Crippen LogP contribution in [0, 0.1) is 6.92 Å². The van der Waals surface area contributed by atoms with Gasteiger partial charge in [0.2, 0.25) is 5.91 Å². The normalized spacial score (nSPS) is 11.8. The second-order valence-corrected chi connectivity index (χ2v) is 5.74. The first-order valence-electron chi connectivity index (χ1n) is 7.18. The molecular weight excluding hydrogens is 347 g/mol. The van der Waals surface area contributed by atoms with Crippen molar-refractivity contribution in [3.63, 3.8) is 0 Å². The van der Waals surface area contributed by atoms with E-state index < -0.39 is 16.9 Å². The van der Waals surface area contributed by atoms with Crippen molar-refractivity contribution in [1.82, 2.24) is 24.5 Å². The average Bonchev–Trinajstić information content (AvgIpc) is 3.06. The van der Waals surface area contributed by atoms with Gasteiger partial charge in [-0.05, 0) is 13.8 Å². The number of hydrogen-bond donors (Lipinski definition) is 0. The molecule has 2 aromatic rings. The van der Waals surface area contributed by atoms with Crippen molar-refractivity contribution in [3.8, 4) is 0 Å². The molecule has 10 heteroatoms. The molecule has 0 unspecified atom stereocenters. The quantitative estimate of drug-likeness (QED) is 0.820. The first-order valence-corrected chi connectivity index (χ1v) is 7.56. The first kappa shape index (κ1) is 18.3. The molecule has 2 aromatic heterocycles. The van der Waals surface area contributed by atoms with E-state index in [2.05, 4.69) is 10.2 Å². The Kier molecular flexibility index (Phi) is 5.22. The van der Waals surface area contributed by atoms with Gasteiger partial charge in [0.25, 0.3) is 0 Å². The highest BCUT2D eigenvalue weighted by molar-refractivity contribution is 6.32. The number of nitrogens with zero attached hydrogens (tertiary/aromatic N) is 5. The molecule has 0 aromatic carbocycles. The molecule has 0 bridgehead atoms. The van der Waals surface area contributed by atoms with Gasteiger partial charge in [0.1, 0.15) is 6.54 Å². The molecule has 0 N–H and O–H groups in total. The molecule has 2 rings (SSSR count). The van der Waals surface area contributed by atoms with E-state index in [0.29, 0.717) is 13.1 Å². The lowest BCUT2D eigenvalue weighted by Crippen LogP contribution is -2.30. The Morgan fingerprint density at radius 1 is 1.42 bits per heavy atom. The second-order valence-electron chi connectivity index (χ2n) is 5.36. The van der Waals surface area contributed by atoms with Gasteiger partial charge in [-0.15, -0.1) is 0 Å². The third kappa shape index (κ3) is 3.89. The Labute approximate surface area is 141 Å². The summed E-state index contributed by atoms with van der Waals surface area (Å²) in [7, 11) is 1.57. The molecule has 0 radical (unpaired) electrons. The number of hydrogen-bond acceptors (Lipinski definition) is 3. The summed E-state index contributed by atoms with van der Waals surface area (Å²) in [5.41, 5.74) is -0.246. The lowest BCUT2D eigenvalue weighted by molar-refractivity contribution is -0.142. The largest absolute Gasteiger partial charge is 0.436 e. The molecule has 0 aliphatic carbocycles. The second kappa shape index (κ2) is 6.84. The van der Waals surface area contributed by atoms with Crippen LogP contribution >= 0.6 is 11.6 Å². The number of rotatable bonds is 5. The minimum Gasteiger partial charge on any atom is -0.340 e. The number of carbonyl (C=O) groups is 1. The fourth-order valence-electron chi connectivity index (χ4n) is 2.13. The van der Waals surface area contributed by atoms with Crippen LogP contribution in [0.4, 0.5) is 13.2 Å². The first-order chi connectivity index (χ1) is 11.1. The number of alkyl halides is 3. The minimum absolute atomic E-state index is 0.101. The van der Waals surface area contributed by atoms with Crippen molar-refractivity contribution in [2.75, 3.05) is 7.05 Å². The Morgan fingerprint density at radius 3 is 2.58 bits per heavy atom. The smallest absolute Gasteiger partial charge is 0.340 e. The zero-order chi connectivity index (χ0) is 18.1. The summed E-state index contributed by atoms with van der Waals surface area (Å²) in [6, 6.07) is 0. The van der Waals surface area contributed by atoms with Crippen LogP contribution in [0.2, 0.25) is 5.02 Å². The van der Waals surface area contributed by atoms with Crippen LogP contribution < -0.4 is 0 Å². The van der Waals surface area contributed by atoms with E-state index in [1.165, 1.54) is 11.8 Å². The molecule has 0 saturated heterocycles. The maximum Gasteiger partial charge on any atom is 0.436 e. The zero-order valence-corrected chi connectivity index (χ0v) is 14.2. The van der Waals surface area contributed by atoms with Gasteiger partial charge in [0.15, 0.2) is 5.69 Å². The Balaban J connectivity index is 2.09. The van der Waals surface area contributed by atoms with Crippen LogP contribution in [-0.4, -0.2) is 37.4 Å². The molecule has 6 nitrogen and oxygen atoms in total. The molecule has 1 amide bonds. The van der Waals surface area contributed by atoms with Gasteiger partial charge in [0, 0.05) is 31.9 Å². The Morgan fingerprint density at radius 2 is 2.08 bits per heavy atom. The molecule has 24 heavy (non-hydrogen) atoms. The maximum atomic E-state index is 12.8. The van der Waals surface area contributed by atoms with Gasteiger partial charge in [-0.3, -0.25) is 14.2 Å². The molecule has 0 aliphatic heterocycles. The van der Waals surface area contributed by atoms with Gasteiger partial charge < -0.3 is 4.90 Å². The zero-order valence-electron chi connectivity index (χ0n) is 13.4. The number of halogens is 4. The predicted octanol–water partition coefficient (Wildman–Crippen LogP) is 2.74. The number of carbonyl (C=O) groups excluding carboxylic acids is 1. The maximum absolute atomic E-state index is 12.8. The SMILES string of the molecule is CCn1cc(CN(C)C(=O)Cn2nc(C(F)(F)F)c(Cl)c2C)cn1. The van der Waals surface area contributed by atoms with E-state index in [1.54, 1.807) is 17.9 Å². The number of aryl methyl sites for hydroxylation is 1. The predicted molar refractivity (Wildman–Crippen MR) is 81.4 cm³/mol. The lowest BCUT2D eigenvalue weighted by Gasteiger charge is -2.16. The van der Waals surface area contributed by atoms with Crippen molar-refractivity contribution in [2.45, 2.75) is 39.7 Å². The van der Waals surface area contributed by atoms with Gasteiger partial charge in [-0.1, -0.05) is 11.6 Å². The highest BCUT2D eigenvalue weighted by atomic mass is 35.5. The average molecular weight is 364 g/mol. The van der Waals surface area contributed by atoms with Gasteiger partial charge >= 0.3 is 6.18 Å². The van der Waals surface area contributed by atoms with Gasteiger partial charge in [0.05, 0.1) is 16.9 Å². The van der Waals surface area contributed by atoms with Crippen LogP contribution in [0.15, 0.2) is 12.4 Å². The van der Waals surface area contributed by atoms with E-state index in [1.807, 2.05) is 13.1 Å². The number of aromatic nitrogens is 4. The van der Waals surface area contributed by atoms with Gasteiger partial charge in [-0.2, -0.15) is 23.4 Å². The Bertz CT molecular complexity index is 737. The van der Waals surface area contributed by atoms with Crippen LogP contribution in [-0.2, 0) is 30.6 Å². The summed E-state index contributed by atoms with van der Waals surface area (Å²) in [5, 5.41) is 7.04. The molecule has 132 valence electrons. The summed E-state index contributed by atoms with van der Waals surface area (Å²) >= 11 is 5.67. The summed E-state index contributed by atoms with van der Waals surface area (Å²) in [5.74, 6) is -0.379. The summed E-state index contributed by atoms with van der Waals surface area (Å²) in [6.07, 6.45) is -1.20. The van der Waals surface area contributed by atoms with E-state index in [0.717, 1.165) is 10.2 Å². The summed E-state index contributed by atoms with van der Waals surface area (Å²) < 4.78 is 41.1. The fourth-order valence-corrected chi connectivity index (χ4v) is 2.37. The highest BCUT2D eigenvalue weighted by Gasteiger charge is 2.38. The molecule has 0 atom stereocenters. The third-order valence-corrected chi connectivity index (χ3v) is 4.00. The van der Waals surface area contributed by atoms with Crippen LogP contribution in [0.1, 0.15) is 23.9 Å². The monoisotopic (exact) mass is 363 g/mol. The molecule has 0 aliphatic rings. The summed E-state index contributed by atoms with van der Waals surface area (Å²) in [6.45, 7) is 4.03. The van der Waals surface area contributed by atoms with Crippen molar-refractivity contribution < 1.29 is 18.0 Å². The topological polar surface area (TPSA) is 56.0 Å². The minimum atomic E-state index is -4.66. The van der Waals surface area contributed by atoms with Crippen LogP contribution in [0.25, 0.3) is 0 Å². The molecule has 2 heterocycles. The van der Waals surface area contributed by atoms with E-state index >= 15 is 0 Å². The Hall–Kier alpha value is -2.03. The van der Waals surface area contributed by atoms with Crippen molar-refractivity contribution >= 4 is 17.5 Å². The van der Waals surface area contributed by atoms with Crippen molar-refractivity contribution in [2.24, 2.45) is 0 Å². The van der Waals surface area contributed by atoms with Crippen molar-refractivity contribution in [3.05, 3.63) is 34.4 Å². The lowest BCUT2D eigenvalue weighted by atomic mass is 10.3. The van der Waals surface area contributed by atoms with Crippen LogP contribution in [0.3, 0.4) is 0 Å². The standard InChI is InChI=1S/C14H17ClF3N5O/c1-4-22-7-10(5-19-22)6-21(3)11(24)8-23-9(2)12(15)13(20-23)14(16,17)18/h5,7H,4,6,8H2,1-3H3. The van der Waals surface area contributed by atoms with Gasteiger partial charge in [-0.25, -0.2) is 0 Å². The third-order valence-electron chi connectivity index (χ3n) is 3.54. The van der Waals surface area contributed by atoms with Crippen LogP contribution in [0.5, 0.6) is 0 Å². The summed E-state index contributed by atoms with van der Waals surface area (Å²) in [4.78, 5) is 13.6. The van der Waals surface area contributed by atoms with E-state index in [4.69, 9.17) is 11.6 Å². The molecule has 0 saturated carbocycles. The molecule has 0 fully saturated rings. The van der Waals surface area contributed by atoms with E-state index in [-0.39, 0.29) is 18.1 Å². The molecular formula is C14H17ClF3N5O. The number of amides is 1. The highest BCUT2D eigenvalue weighted by Crippen LogP contribution is 2.35.